The summed E-state index contributed by atoms with van der Waals surface area (Å²) >= 11 is 7.61. The molecular formula is C13H24ClNOS. The molecule has 0 aromatic rings. The fourth-order valence-electron chi connectivity index (χ4n) is 2.09. The van der Waals surface area contributed by atoms with E-state index in [1.165, 1.54) is 37.2 Å². The molecule has 0 aliphatic carbocycles. The number of hydrogen-bond donors (Lipinski definition) is 1. The Balaban J connectivity index is 1.93. The van der Waals surface area contributed by atoms with Gasteiger partial charge in [0.15, 0.2) is 0 Å². The molecule has 1 amide bonds. The Morgan fingerprint density at radius 3 is 2.59 bits per heavy atom. The molecule has 0 bridgehead atoms. The Labute approximate surface area is 114 Å². The van der Waals surface area contributed by atoms with Gasteiger partial charge in [-0.25, -0.2) is 0 Å². The Morgan fingerprint density at radius 2 is 1.88 bits per heavy atom. The summed E-state index contributed by atoms with van der Waals surface area (Å²) in [6.07, 6.45) is 7.70. The maximum Gasteiger partial charge on any atom is 0.220 e. The van der Waals surface area contributed by atoms with Crippen molar-refractivity contribution >= 4 is 29.3 Å². The van der Waals surface area contributed by atoms with Crippen LogP contribution in [0.3, 0.4) is 0 Å². The van der Waals surface area contributed by atoms with Crippen LogP contribution in [0.2, 0.25) is 0 Å². The molecule has 17 heavy (non-hydrogen) atoms. The van der Waals surface area contributed by atoms with Crippen molar-refractivity contribution < 1.29 is 4.79 Å². The minimum atomic E-state index is 0.249. The smallest absolute Gasteiger partial charge is 0.220 e. The molecule has 1 aliphatic rings. The topological polar surface area (TPSA) is 29.1 Å². The molecular weight excluding hydrogens is 254 g/mol. The summed E-state index contributed by atoms with van der Waals surface area (Å²) in [5.41, 5.74) is 0. The van der Waals surface area contributed by atoms with E-state index < -0.39 is 0 Å². The third-order valence-electron chi connectivity index (χ3n) is 3.20. The summed E-state index contributed by atoms with van der Waals surface area (Å²) in [6, 6.07) is 0. The predicted molar refractivity (Wildman–Crippen MR) is 76.9 cm³/mol. The highest BCUT2D eigenvalue weighted by molar-refractivity contribution is 7.99. The van der Waals surface area contributed by atoms with Gasteiger partial charge >= 0.3 is 0 Å². The van der Waals surface area contributed by atoms with Gasteiger partial charge < -0.3 is 5.32 Å². The molecule has 1 N–H and O–H groups in total. The number of nitrogens with one attached hydrogen (secondary N) is 1. The SMILES string of the molecule is O=C(CC1CCSCC1)NCCCCCCCl. The van der Waals surface area contributed by atoms with Gasteiger partial charge in [-0.3, -0.25) is 4.79 Å². The maximum atomic E-state index is 11.7. The zero-order chi connectivity index (χ0) is 12.3. The fourth-order valence-corrected chi connectivity index (χ4v) is 3.48. The van der Waals surface area contributed by atoms with Gasteiger partial charge in [-0.15, -0.1) is 11.6 Å². The minimum Gasteiger partial charge on any atom is -0.356 e. The van der Waals surface area contributed by atoms with E-state index in [0.717, 1.165) is 31.7 Å². The summed E-state index contributed by atoms with van der Waals surface area (Å²) in [4.78, 5) is 11.7. The number of carbonyl (C=O) groups excluding carboxylic acids is 1. The second-order valence-electron chi connectivity index (χ2n) is 4.71. The molecule has 0 spiro atoms. The first-order chi connectivity index (χ1) is 8.33. The van der Waals surface area contributed by atoms with E-state index >= 15 is 0 Å². The maximum absolute atomic E-state index is 11.7. The van der Waals surface area contributed by atoms with E-state index in [0.29, 0.717) is 5.92 Å². The number of rotatable bonds is 8. The van der Waals surface area contributed by atoms with Gasteiger partial charge in [0.25, 0.3) is 0 Å². The number of carbonyl (C=O) groups is 1. The quantitative estimate of drug-likeness (QED) is 0.544. The van der Waals surface area contributed by atoms with Crippen LogP contribution in [-0.2, 0) is 4.79 Å². The van der Waals surface area contributed by atoms with Gasteiger partial charge in [-0.2, -0.15) is 11.8 Å². The largest absolute Gasteiger partial charge is 0.356 e. The summed E-state index contributed by atoms with van der Waals surface area (Å²) < 4.78 is 0. The molecule has 0 aromatic carbocycles. The normalized spacial score (nSPS) is 17.0. The second-order valence-corrected chi connectivity index (χ2v) is 6.32. The van der Waals surface area contributed by atoms with Crippen LogP contribution in [0.15, 0.2) is 0 Å². The molecule has 0 atom stereocenters. The average Bonchev–Trinajstić information content (AvgIpc) is 2.35. The standard InChI is InChI=1S/C13H24ClNOS/c14-7-3-1-2-4-8-15-13(16)11-12-5-9-17-10-6-12/h12H,1-11H2,(H,15,16). The monoisotopic (exact) mass is 277 g/mol. The molecule has 2 nitrogen and oxygen atoms in total. The van der Waals surface area contributed by atoms with E-state index in [2.05, 4.69) is 5.32 Å². The van der Waals surface area contributed by atoms with Crippen molar-refractivity contribution in [1.29, 1.82) is 0 Å². The van der Waals surface area contributed by atoms with Crippen LogP contribution in [0.4, 0.5) is 0 Å². The first-order valence-electron chi connectivity index (χ1n) is 6.73. The van der Waals surface area contributed by atoms with Gasteiger partial charge in [0, 0.05) is 18.8 Å². The molecule has 0 unspecified atom stereocenters. The van der Waals surface area contributed by atoms with Crippen LogP contribution in [0.25, 0.3) is 0 Å². The third-order valence-corrected chi connectivity index (χ3v) is 4.51. The minimum absolute atomic E-state index is 0.249. The number of halogens is 1. The van der Waals surface area contributed by atoms with Crippen LogP contribution in [-0.4, -0.2) is 29.8 Å². The van der Waals surface area contributed by atoms with E-state index in [-0.39, 0.29) is 5.91 Å². The Kier molecular flexibility index (Phi) is 8.99. The van der Waals surface area contributed by atoms with Gasteiger partial charge in [-0.05, 0) is 43.1 Å². The van der Waals surface area contributed by atoms with Crippen molar-refractivity contribution in [3.8, 4) is 0 Å². The third kappa shape index (κ3) is 7.93. The molecule has 1 rings (SSSR count). The van der Waals surface area contributed by atoms with Crippen molar-refractivity contribution in [2.45, 2.75) is 44.9 Å². The van der Waals surface area contributed by atoms with E-state index in [4.69, 9.17) is 11.6 Å². The first-order valence-corrected chi connectivity index (χ1v) is 8.42. The molecule has 1 heterocycles. The molecule has 1 aliphatic heterocycles. The van der Waals surface area contributed by atoms with Crippen molar-refractivity contribution in [1.82, 2.24) is 5.32 Å². The average molecular weight is 278 g/mol. The number of amides is 1. The van der Waals surface area contributed by atoms with Crippen LogP contribution in [0.1, 0.15) is 44.9 Å². The van der Waals surface area contributed by atoms with Gasteiger partial charge in [-0.1, -0.05) is 12.8 Å². The van der Waals surface area contributed by atoms with E-state index in [1.807, 2.05) is 11.8 Å². The van der Waals surface area contributed by atoms with Crippen molar-refractivity contribution in [2.24, 2.45) is 5.92 Å². The highest BCUT2D eigenvalue weighted by atomic mass is 35.5. The zero-order valence-corrected chi connectivity index (χ0v) is 12.1. The van der Waals surface area contributed by atoms with Crippen LogP contribution < -0.4 is 5.32 Å². The highest BCUT2D eigenvalue weighted by Gasteiger charge is 2.16. The van der Waals surface area contributed by atoms with Gasteiger partial charge in [0.05, 0.1) is 0 Å². The van der Waals surface area contributed by atoms with Crippen molar-refractivity contribution in [2.75, 3.05) is 23.9 Å². The molecule has 0 saturated carbocycles. The number of thioether (sulfide) groups is 1. The van der Waals surface area contributed by atoms with E-state index in [1.54, 1.807) is 0 Å². The van der Waals surface area contributed by atoms with Crippen LogP contribution in [0.5, 0.6) is 0 Å². The molecule has 0 aromatic heterocycles. The first kappa shape index (κ1) is 15.2. The molecule has 1 fully saturated rings. The summed E-state index contributed by atoms with van der Waals surface area (Å²) in [6.45, 7) is 0.836. The molecule has 100 valence electrons. The number of unbranched alkanes of at least 4 members (excludes halogenated alkanes) is 3. The highest BCUT2D eigenvalue weighted by Crippen LogP contribution is 2.24. The molecule has 4 heteroatoms. The summed E-state index contributed by atoms with van der Waals surface area (Å²) in [5.74, 6) is 4.10. The van der Waals surface area contributed by atoms with Gasteiger partial charge in [0.1, 0.15) is 0 Å². The summed E-state index contributed by atoms with van der Waals surface area (Å²) in [7, 11) is 0. The zero-order valence-electron chi connectivity index (χ0n) is 10.5. The second kappa shape index (κ2) is 10.1. The lowest BCUT2D eigenvalue weighted by Gasteiger charge is -2.20. The Hall–Kier alpha value is 0.110. The lowest BCUT2D eigenvalue weighted by molar-refractivity contribution is -0.122. The van der Waals surface area contributed by atoms with Crippen LogP contribution in [0, 0.1) is 5.92 Å². The van der Waals surface area contributed by atoms with Crippen molar-refractivity contribution in [3.05, 3.63) is 0 Å². The Bertz CT molecular complexity index is 208. The lowest BCUT2D eigenvalue weighted by atomic mass is 9.98. The fraction of sp³-hybridized carbons (Fsp3) is 0.923. The van der Waals surface area contributed by atoms with Crippen LogP contribution >= 0.6 is 23.4 Å². The molecule has 0 radical (unpaired) electrons. The lowest BCUT2D eigenvalue weighted by Crippen LogP contribution is -2.27. The Morgan fingerprint density at radius 1 is 1.18 bits per heavy atom. The van der Waals surface area contributed by atoms with Gasteiger partial charge in [0.2, 0.25) is 5.91 Å². The number of hydrogen-bond acceptors (Lipinski definition) is 2. The number of alkyl halides is 1. The predicted octanol–water partition coefficient (Wildman–Crippen LogP) is 3.44. The van der Waals surface area contributed by atoms with E-state index in [9.17, 15) is 4.79 Å². The summed E-state index contributed by atoms with van der Waals surface area (Å²) in [5, 5.41) is 3.03. The van der Waals surface area contributed by atoms with Crippen molar-refractivity contribution in [3.63, 3.8) is 0 Å². The molecule has 1 saturated heterocycles.